The van der Waals surface area contributed by atoms with Crippen LogP contribution >= 0.6 is 0 Å². The van der Waals surface area contributed by atoms with Crippen molar-refractivity contribution in [3.63, 3.8) is 0 Å². The summed E-state index contributed by atoms with van der Waals surface area (Å²) in [7, 11) is 0. The fraction of sp³-hybridized carbons (Fsp3) is 0.864. The lowest BCUT2D eigenvalue weighted by molar-refractivity contribution is 0.359. The second kappa shape index (κ2) is 15.4. The first-order chi connectivity index (χ1) is 12.3. The van der Waals surface area contributed by atoms with Crippen molar-refractivity contribution in [1.82, 2.24) is 4.90 Å². The molecule has 1 heterocycles. The van der Waals surface area contributed by atoms with Gasteiger partial charge < -0.3 is 10.6 Å². The van der Waals surface area contributed by atoms with Crippen molar-refractivity contribution >= 4 is 5.84 Å². The molecule has 3 nitrogen and oxygen atoms in total. The normalized spacial score (nSPS) is 16.0. The quantitative estimate of drug-likeness (QED) is 0.272. The van der Waals surface area contributed by atoms with Crippen LogP contribution in [0.4, 0.5) is 0 Å². The maximum atomic E-state index is 5.98. The Morgan fingerprint density at radius 2 is 1.48 bits per heavy atom. The maximum absolute atomic E-state index is 5.98. The number of hydrogen-bond acceptors (Lipinski definition) is 3. The number of allylic oxidation sites excluding steroid dienone is 2. The second-order valence-corrected chi connectivity index (χ2v) is 7.57. The Kier molecular flexibility index (Phi) is 13.7. The van der Waals surface area contributed by atoms with E-state index >= 15 is 0 Å². The summed E-state index contributed by atoms with van der Waals surface area (Å²) < 4.78 is 0. The molecule has 1 atom stereocenters. The number of aliphatic imine (C=N–C) groups is 1. The zero-order valence-corrected chi connectivity index (χ0v) is 17.0. The average Bonchev–Trinajstić information content (AvgIpc) is 3.07. The van der Waals surface area contributed by atoms with Gasteiger partial charge in [-0.2, -0.15) is 0 Å². The van der Waals surface area contributed by atoms with E-state index in [9.17, 15) is 0 Å². The summed E-state index contributed by atoms with van der Waals surface area (Å²) in [6, 6.07) is 0. The smallest absolute Gasteiger partial charge is 0.100 e. The van der Waals surface area contributed by atoms with E-state index in [0.717, 1.165) is 19.5 Å². The molecule has 1 unspecified atom stereocenters. The monoisotopic (exact) mass is 349 g/mol. The lowest BCUT2D eigenvalue weighted by Crippen LogP contribution is -2.41. The van der Waals surface area contributed by atoms with Gasteiger partial charge >= 0.3 is 0 Å². The molecule has 0 saturated heterocycles. The molecule has 0 aromatic carbocycles. The highest BCUT2D eigenvalue weighted by Crippen LogP contribution is 2.13. The summed E-state index contributed by atoms with van der Waals surface area (Å²) >= 11 is 0. The van der Waals surface area contributed by atoms with Gasteiger partial charge in [0.2, 0.25) is 0 Å². The average molecular weight is 350 g/mol. The molecule has 0 saturated carbocycles. The van der Waals surface area contributed by atoms with Gasteiger partial charge in [-0.15, -0.1) is 0 Å². The van der Waals surface area contributed by atoms with Gasteiger partial charge in [0.1, 0.15) is 5.84 Å². The molecule has 3 heteroatoms. The topological polar surface area (TPSA) is 41.6 Å². The van der Waals surface area contributed by atoms with Crippen molar-refractivity contribution in [3.8, 4) is 0 Å². The molecular weight excluding hydrogens is 306 g/mol. The first-order valence-electron chi connectivity index (χ1n) is 11.0. The van der Waals surface area contributed by atoms with Gasteiger partial charge in [0.25, 0.3) is 0 Å². The highest BCUT2D eigenvalue weighted by atomic mass is 15.3. The summed E-state index contributed by atoms with van der Waals surface area (Å²) in [4.78, 5) is 6.84. The summed E-state index contributed by atoms with van der Waals surface area (Å²) in [5.74, 6) is 1.24. The van der Waals surface area contributed by atoms with Crippen LogP contribution in [0.5, 0.6) is 0 Å². The highest BCUT2D eigenvalue weighted by molar-refractivity contribution is 5.83. The fourth-order valence-electron chi connectivity index (χ4n) is 3.52. The van der Waals surface area contributed by atoms with Crippen LogP contribution in [0, 0.1) is 0 Å². The van der Waals surface area contributed by atoms with Crippen LogP contribution in [0.1, 0.15) is 104 Å². The largest absolute Gasteiger partial charge is 0.343 e. The predicted octanol–water partition coefficient (Wildman–Crippen LogP) is 6.04. The van der Waals surface area contributed by atoms with Crippen molar-refractivity contribution in [3.05, 3.63) is 12.2 Å². The molecule has 146 valence electrons. The van der Waals surface area contributed by atoms with Gasteiger partial charge in [0, 0.05) is 13.0 Å². The van der Waals surface area contributed by atoms with E-state index in [1.807, 2.05) is 0 Å². The molecule has 0 aromatic rings. The van der Waals surface area contributed by atoms with E-state index in [4.69, 9.17) is 5.73 Å². The maximum Gasteiger partial charge on any atom is 0.100 e. The number of unbranched alkanes of at least 4 members (excludes halogenated alkanes) is 11. The van der Waals surface area contributed by atoms with Crippen molar-refractivity contribution in [1.29, 1.82) is 0 Å². The third-order valence-electron chi connectivity index (χ3n) is 5.12. The molecule has 1 rings (SSSR count). The number of nitrogens with zero attached hydrogens (tertiary/aromatic N) is 2. The summed E-state index contributed by atoms with van der Waals surface area (Å²) in [5, 5.41) is 0. The van der Waals surface area contributed by atoms with Crippen LogP contribution < -0.4 is 5.73 Å². The van der Waals surface area contributed by atoms with Crippen molar-refractivity contribution in [2.75, 3.05) is 13.1 Å². The Bertz CT molecular complexity index is 360. The van der Waals surface area contributed by atoms with E-state index in [1.165, 1.54) is 89.3 Å². The Balaban J connectivity index is 1.84. The SMILES string of the molecule is CCCCCCCCCC/C=C/CCCCCC1=NCCN1C(C)N. The summed E-state index contributed by atoms with van der Waals surface area (Å²) in [6.45, 7) is 6.28. The van der Waals surface area contributed by atoms with E-state index in [2.05, 4.69) is 35.9 Å². The van der Waals surface area contributed by atoms with Crippen LogP contribution in [-0.4, -0.2) is 30.0 Å². The molecule has 1 aliphatic rings. The van der Waals surface area contributed by atoms with Gasteiger partial charge in [-0.1, -0.05) is 70.4 Å². The number of nitrogens with two attached hydrogens (primary N) is 1. The minimum absolute atomic E-state index is 0.112. The van der Waals surface area contributed by atoms with E-state index in [-0.39, 0.29) is 6.17 Å². The Labute approximate surface area is 157 Å². The molecule has 0 bridgehead atoms. The van der Waals surface area contributed by atoms with Gasteiger partial charge in [-0.3, -0.25) is 4.99 Å². The molecule has 0 aliphatic carbocycles. The minimum atomic E-state index is 0.112. The molecule has 2 N–H and O–H groups in total. The third-order valence-corrected chi connectivity index (χ3v) is 5.12. The predicted molar refractivity (Wildman–Crippen MR) is 112 cm³/mol. The molecule has 25 heavy (non-hydrogen) atoms. The Hall–Kier alpha value is -0.830. The molecular formula is C22H43N3. The van der Waals surface area contributed by atoms with Crippen molar-refractivity contribution in [2.24, 2.45) is 10.7 Å². The minimum Gasteiger partial charge on any atom is -0.343 e. The van der Waals surface area contributed by atoms with Crippen molar-refractivity contribution < 1.29 is 0 Å². The fourth-order valence-corrected chi connectivity index (χ4v) is 3.52. The van der Waals surface area contributed by atoms with E-state index < -0.39 is 0 Å². The third kappa shape index (κ3) is 11.4. The first-order valence-corrected chi connectivity index (χ1v) is 11.0. The lowest BCUT2D eigenvalue weighted by atomic mass is 10.1. The molecule has 0 amide bonds. The number of amidine groups is 1. The molecule has 1 aliphatic heterocycles. The molecule has 0 radical (unpaired) electrons. The summed E-state index contributed by atoms with van der Waals surface area (Å²) in [5.41, 5.74) is 5.98. The summed E-state index contributed by atoms with van der Waals surface area (Å²) in [6.07, 6.45) is 23.7. The standard InChI is InChI=1S/C22H43N3/c1-3-4-5-6-7-8-9-10-11-12-13-14-15-16-17-18-22-24-19-20-25(22)21(2)23/h12-13,21H,3-11,14-20,23H2,1-2H3/b13-12+. The van der Waals surface area contributed by atoms with Crippen LogP contribution in [-0.2, 0) is 0 Å². The molecule has 0 aromatic heterocycles. The van der Waals surface area contributed by atoms with Gasteiger partial charge in [-0.05, 0) is 39.0 Å². The van der Waals surface area contributed by atoms with Gasteiger partial charge in [0.15, 0.2) is 0 Å². The zero-order valence-electron chi connectivity index (χ0n) is 17.0. The van der Waals surface area contributed by atoms with Crippen LogP contribution in [0.3, 0.4) is 0 Å². The Morgan fingerprint density at radius 3 is 2.08 bits per heavy atom. The zero-order chi connectivity index (χ0) is 18.2. The van der Waals surface area contributed by atoms with Crippen molar-refractivity contribution in [2.45, 2.75) is 110 Å². The Morgan fingerprint density at radius 1 is 0.920 bits per heavy atom. The number of rotatable bonds is 16. The van der Waals surface area contributed by atoms with Crippen LogP contribution in [0.15, 0.2) is 17.1 Å². The van der Waals surface area contributed by atoms with E-state index in [1.54, 1.807) is 0 Å². The molecule has 0 spiro atoms. The highest BCUT2D eigenvalue weighted by Gasteiger charge is 2.18. The van der Waals surface area contributed by atoms with E-state index in [0.29, 0.717) is 0 Å². The molecule has 0 fully saturated rings. The number of hydrogen-bond donors (Lipinski definition) is 1. The van der Waals surface area contributed by atoms with Gasteiger partial charge in [-0.25, -0.2) is 0 Å². The van der Waals surface area contributed by atoms with Gasteiger partial charge in [0.05, 0.1) is 12.7 Å². The second-order valence-electron chi connectivity index (χ2n) is 7.57. The first kappa shape index (κ1) is 22.2. The van der Waals surface area contributed by atoms with Crippen LogP contribution in [0.25, 0.3) is 0 Å². The van der Waals surface area contributed by atoms with Crippen LogP contribution in [0.2, 0.25) is 0 Å². The lowest BCUT2D eigenvalue weighted by Gasteiger charge is -2.24.